The number of carbonyl (C=O) groups is 5. The van der Waals surface area contributed by atoms with Crippen molar-refractivity contribution < 1.29 is 33.8 Å². The van der Waals surface area contributed by atoms with E-state index in [9.17, 15) is 29.1 Å². The summed E-state index contributed by atoms with van der Waals surface area (Å²) in [6, 6.07) is 16.5. The van der Waals surface area contributed by atoms with E-state index in [1.54, 1.807) is 16.8 Å². The predicted octanol–water partition coefficient (Wildman–Crippen LogP) is 4.35. The highest BCUT2D eigenvalue weighted by molar-refractivity contribution is 6.25. The van der Waals surface area contributed by atoms with Crippen LogP contribution in [0.2, 0.25) is 0 Å². The molecule has 4 atom stereocenters. The molecule has 0 radical (unpaired) electrons. The summed E-state index contributed by atoms with van der Waals surface area (Å²) in [5.74, 6) is -1.63. The fourth-order valence-corrected chi connectivity index (χ4v) is 9.89. The van der Waals surface area contributed by atoms with Crippen molar-refractivity contribution >= 4 is 52.4 Å². The van der Waals surface area contributed by atoms with Gasteiger partial charge in [0.2, 0.25) is 17.7 Å². The molecule has 3 saturated heterocycles. The summed E-state index contributed by atoms with van der Waals surface area (Å²) in [6.45, 7) is 5.66. The van der Waals surface area contributed by atoms with Gasteiger partial charge in [-0.25, -0.2) is 0 Å². The number of aliphatic hydroxyl groups is 1. The number of nitrogens with two attached hydrogens (primary N) is 1. The minimum atomic E-state index is -1.05. The third-order valence-corrected chi connectivity index (χ3v) is 13.8. The number of nitrogen functional groups attached to an aromatic ring is 1. The topological polar surface area (TPSA) is 234 Å². The SMILES string of the molecule is Nc1nnc(C2C=CC=CC2O)cc1OC1CCCN(c2ccc(N3CCN(C(=O)CCCCCCCCCn4cc(CNc5c#ccc6c5C(=O)N(C5CCC(=O)NC5=O)C6=O)nn4)CC3)cc2)C1. The van der Waals surface area contributed by atoms with Gasteiger partial charge < -0.3 is 35.6 Å². The zero-order chi connectivity index (χ0) is 48.6. The van der Waals surface area contributed by atoms with Crippen LogP contribution in [0.3, 0.4) is 0 Å². The molecule has 5 aliphatic rings. The van der Waals surface area contributed by atoms with Crippen LogP contribution in [0.4, 0.5) is 22.9 Å². The molecular formula is C51H60N12O7. The molecule has 0 bridgehead atoms. The van der Waals surface area contributed by atoms with Gasteiger partial charge >= 0.3 is 0 Å². The molecule has 2 aromatic heterocycles. The summed E-state index contributed by atoms with van der Waals surface area (Å²) in [6.07, 6.45) is 18.3. The number of imide groups is 2. The van der Waals surface area contributed by atoms with Crippen molar-refractivity contribution in [3.05, 3.63) is 102 Å². The second-order valence-corrected chi connectivity index (χ2v) is 18.6. The number of piperazine rings is 1. The van der Waals surface area contributed by atoms with E-state index < -0.39 is 35.8 Å². The fourth-order valence-electron chi connectivity index (χ4n) is 9.89. The second kappa shape index (κ2) is 22.0. The summed E-state index contributed by atoms with van der Waals surface area (Å²) in [5.41, 5.74) is 10.3. The van der Waals surface area contributed by atoms with E-state index in [2.05, 4.69) is 77.3 Å². The van der Waals surface area contributed by atoms with Crippen molar-refractivity contribution in [2.45, 2.75) is 114 Å². The number of aliphatic hydroxyl groups excluding tert-OH is 1. The average Bonchev–Trinajstić information content (AvgIpc) is 3.94. The zero-order valence-corrected chi connectivity index (χ0v) is 39.3. The standard InChI is InChI=1S/C51H60N12O7/c52-48-44(30-41(56-57-48)38-13-7-8-16-43(38)64)70-37-12-11-24-61(33-37)36-20-18-35(19-21-36)59-26-28-60(29-27-59)46(66)17-6-4-2-1-3-5-9-25-62-32-34(55-58-62)31-53-40-15-10-14-39-47(40)51(69)63(50(39)68)42-22-23-45(65)54-49(42)67/h7-8,13-14,16,18-21,30,32,37-38,42-43,53,64H,1-6,9,11-12,17,22-29,31,33H2,(H2,52,57)(H,54,65,67). The molecule has 6 heterocycles. The minimum absolute atomic E-state index is 0.0463. The predicted molar refractivity (Wildman–Crippen MR) is 260 cm³/mol. The molecule has 5 N–H and O–H groups in total. The Morgan fingerprint density at radius 2 is 1.61 bits per heavy atom. The van der Waals surface area contributed by atoms with E-state index in [-0.39, 0.29) is 59.9 Å². The summed E-state index contributed by atoms with van der Waals surface area (Å²) >= 11 is 0. The Morgan fingerprint density at radius 1 is 0.871 bits per heavy atom. The number of nitrogens with one attached hydrogen (secondary N) is 2. The highest BCUT2D eigenvalue weighted by Crippen LogP contribution is 2.33. The van der Waals surface area contributed by atoms with Crippen LogP contribution in [-0.4, -0.2) is 127 Å². The fraction of sp³-hybridized carbons (Fsp3) is 0.471. The van der Waals surface area contributed by atoms with E-state index in [4.69, 9.17) is 10.5 Å². The Hall–Kier alpha value is -7.33. The number of allylic oxidation sites excluding steroid dienone is 2. The van der Waals surface area contributed by atoms with Crippen LogP contribution < -0.4 is 30.9 Å². The Kier molecular flexibility index (Phi) is 15.0. The lowest BCUT2D eigenvalue weighted by Crippen LogP contribution is -2.54. The molecule has 0 saturated carbocycles. The van der Waals surface area contributed by atoms with Crippen LogP contribution in [0.25, 0.3) is 0 Å². The molecule has 4 aliphatic heterocycles. The van der Waals surface area contributed by atoms with Crippen molar-refractivity contribution in [3.63, 3.8) is 0 Å². The number of aromatic nitrogens is 5. The highest BCUT2D eigenvalue weighted by Gasteiger charge is 2.46. The number of benzene rings is 1. The molecule has 366 valence electrons. The van der Waals surface area contributed by atoms with E-state index in [0.717, 1.165) is 120 Å². The van der Waals surface area contributed by atoms with Crippen LogP contribution in [0.1, 0.15) is 115 Å². The Morgan fingerprint density at radius 3 is 2.39 bits per heavy atom. The van der Waals surface area contributed by atoms with Crippen LogP contribution in [0.5, 0.6) is 5.75 Å². The summed E-state index contributed by atoms with van der Waals surface area (Å²) in [5, 5.41) is 32.6. The molecule has 4 aromatic rings. The summed E-state index contributed by atoms with van der Waals surface area (Å²) in [7, 11) is 0. The first kappa shape index (κ1) is 47.7. The lowest BCUT2D eigenvalue weighted by atomic mass is 9.94. The van der Waals surface area contributed by atoms with E-state index in [1.165, 1.54) is 6.07 Å². The highest BCUT2D eigenvalue weighted by atomic mass is 16.5. The van der Waals surface area contributed by atoms with Gasteiger partial charge in [0, 0.05) is 75.6 Å². The number of amides is 5. The second-order valence-electron chi connectivity index (χ2n) is 18.6. The minimum Gasteiger partial charge on any atom is -0.485 e. The molecule has 1 aliphatic carbocycles. The zero-order valence-electron chi connectivity index (χ0n) is 39.3. The molecule has 19 nitrogen and oxygen atoms in total. The average molecular weight is 953 g/mol. The Bertz CT molecular complexity index is 2610. The smallest absolute Gasteiger partial charge is 0.265 e. The number of unbranched alkanes of at least 4 members (excludes halogenated alkanes) is 6. The normalized spacial score (nSPS) is 21.2. The maximum Gasteiger partial charge on any atom is 0.265 e. The first-order valence-electron chi connectivity index (χ1n) is 24.6. The summed E-state index contributed by atoms with van der Waals surface area (Å²) < 4.78 is 8.19. The lowest BCUT2D eigenvalue weighted by molar-refractivity contribution is -0.136. The number of aryl methyl sites for hydroxylation is 1. The van der Waals surface area contributed by atoms with Crippen molar-refractivity contribution in [1.82, 2.24) is 40.3 Å². The van der Waals surface area contributed by atoms with Gasteiger partial charge in [0.05, 0.1) is 53.8 Å². The quantitative estimate of drug-likeness (QED) is 0.0756. The van der Waals surface area contributed by atoms with Gasteiger partial charge in [0.1, 0.15) is 17.8 Å². The van der Waals surface area contributed by atoms with Crippen molar-refractivity contribution in [1.29, 1.82) is 0 Å². The van der Waals surface area contributed by atoms with Crippen molar-refractivity contribution in [3.8, 4) is 5.75 Å². The van der Waals surface area contributed by atoms with Gasteiger partial charge in [0.25, 0.3) is 11.8 Å². The van der Waals surface area contributed by atoms with E-state index >= 15 is 0 Å². The molecule has 70 heavy (non-hydrogen) atoms. The number of rotatable bonds is 19. The molecule has 3 fully saturated rings. The largest absolute Gasteiger partial charge is 0.485 e. The maximum absolute atomic E-state index is 13.4. The number of nitrogens with zero attached hydrogens (tertiary/aromatic N) is 9. The van der Waals surface area contributed by atoms with E-state index in [0.29, 0.717) is 23.6 Å². The van der Waals surface area contributed by atoms with Crippen LogP contribution in [0.15, 0.2) is 66.9 Å². The number of fused-ring (bicyclic) bond motifs is 1. The number of ether oxygens (including phenoxy) is 1. The Balaban J connectivity index is 0.625. The van der Waals surface area contributed by atoms with Crippen molar-refractivity contribution in [2.24, 2.45) is 0 Å². The molecule has 4 unspecified atom stereocenters. The van der Waals surface area contributed by atoms with Gasteiger partial charge in [-0.15, -0.1) is 10.2 Å². The van der Waals surface area contributed by atoms with Gasteiger partial charge in [-0.05, 0) is 62.4 Å². The van der Waals surface area contributed by atoms with Gasteiger partial charge in [0.15, 0.2) is 11.6 Å². The molecule has 0 spiro atoms. The maximum atomic E-state index is 13.4. The van der Waals surface area contributed by atoms with Crippen LogP contribution >= 0.6 is 0 Å². The number of hydrogen-bond donors (Lipinski definition) is 4. The first-order valence-corrected chi connectivity index (χ1v) is 24.6. The van der Waals surface area contributed by atoms with Gasteiger partial charge in [-0.2, -0.15) is 5.10 Å². The van der Waals surface area contributed by atoms with Crippen LogP contribution in [-0.2, 0) is 27.5 Å². The van der Waals surface area contributed by atoms with Crippen LogP contribution in [0, 0.1) is 12.1 Å². The van der Waals surface area contributed by atoms with E-state index in [1.807, 2.05) is 29.3 Å². The molecule has 5 amide bonds. The number of piperidine rings is 2. The summed E-state index contributed by atoms with van der Waals surface area (Å²) in [4.78, 5) is 71.3. The number of anilines is 4. The van der Waals surface area contributed by atoms with Gasteiger partial charge in [-0.3, -0.25) is 38.9 Å². The third-order valence-electron chi connectivity index (χ3n) is 13.8. The first-order chi connectivity index (χ1) is 34.1. The number of hydrogen-bond acceptors (Lipinski definition) is 15. The lowest BCUT2D eigenvalue weighted by Gasteiger charge is -2.37. The molecule has 2 aromatic carbocycles. The molecule has 9 rings (SSSR count). The number of carbonyl (C=O) groups excluding carboxylic acids is 5. The van der Waals surface area contributed by atoms with Gasteiger partial charge in [-0.1, -0.05) is 67.7 Å². The Labute approximate surface area is 407 Å². The van der Waals surface area contributed by atoms with Crippen molar-refractivity contribution in [2.75, 3.05) is 60.1 Å². The monoisotopic (exact) mass is 952 g/mol. The third kappa shape index (κ3) is 11.1. The molecule has 19 heteroatoms. The molecular weight excluding hydrogens is 893 g/mol.